The molecule has 1 N–H and O–H groups in total. The zero-order valence-electron chi connectivity index (χ0n) is 12.7. The molecule has 0 spiro atoms. The van der Waals surface area contributed by atoms with Crippen LogP contribution in [0, 0.1) is 0 Å². The first-order valence-electron chi connectivity index (χ1n) is 7.24. The fourth-order valence-electron chi connectivity index (χ4n) is 2.05. The molecule has 0 bridgehead atoms. The Labute approximate surface area is 121 Å². The van der Waals surface area contributed by atoms with Gasteiger partial charge in [-0.15, -0.1) is 0 Å². The first-order chi connectivity index (χ1) is 9.54. The summed E-state index contributed by atoms with van der Waals surface area (Å²) in [5.74, 6) is 0. The Balaban J connectivity index is 1.74. The van der Waals surface area contributed by atoms with Gasteiger partial charge in [-0.1, -0.05) is 0 Å². The van der Waals surface area contributed by atoms with Gasteiger partial charge in [0.2, 0.25) is 0 Å². The SMILES string of the molecule is CC(C)(C)NCc1cncn1CCCCn1ccnc1. The Kier molecular flexibility index (Phi) is 4.95. The predicted molar refractivity (Wildman–Crippen MR) is 80.3 cm³/mol. The lowest BCUT2D eigenvalue weighted by Gasteiger charge is -2.21. The highest BCUT2D eigenvalue weighted by Gasteiger charge is 2.10. The molecular formula is C15H25N5. The van der Waals surface area contributed by atoms with Crippen molar-refractivity contribution in [1.29, 1.82) is 0 Å². The summed E-state index contributed by atoms with van der Waals surface area (Å²) < 4.78 is 4.36. The van der Waals surface area contributed by atoms with Gasteiger partial charge in [0.25, 0.3) is 0 Å². The third kappa shape index (κ3) is 4.81. The number of aromatic nitrogens is 4. The fourth-order valence-corrected chi connectivity index (χ4v) is 2.05. The van der Waals surface area contributed by atoms with Crippen LogP contribution in [0.4, 0.5) is 0 Å². The summed E-state index contributed by atoms with van der Waals surface area (Å²) in [6, 6.07) is 0. The summed E-state index contributed by atoms with van der Waals surface area (Å²) in [6.07, 6.45) is 11.9. The van der Waals surface area contributed by atoms with Crippen molar-refractivity contribution in [1.82, 2.24) is 24.4 Å². The number of unbranched alkanes of at least 4 members (excludes halogenated alkanes) is 1. The van der Waals surface area contributed by atoms with Crippen LogP contribution in [0.3, 0.4) is 0 Å². The number of aryl methyl sites for hydroxylation is 2. The van der Waals surface area contributed by atoms with Gasteiger partial charge in [0.05, 0.1) is 18.3 Å². The molecule has 0 saturated heterocycles. The lowest BCUT2D eigenvalue weighted by molar-refractivity contribution is 0.413. The van der Waals surface area contributed by atoms with E-state index < -0.39 is 0 Å². The normalized spacial score (nSPS) is 11.9. The molecule has 2 aromatic heterocycles. The van der Waals surface area contributed by atoms with Crippen molar-refractivity contribution in [2.24, 2.45) is 0 Å². The summed E-state index contributed by atoms with van der Waals surface area (Å²) >= 11 is 0. The Morgan fingerprint density at radius 1 is 1.10 bits per heavy atom. The van der Waals surface area contributed by atoms with Crippen molar-refractivity contribution in [2.45, 2.75) is 58.8 Å². The summed E-state index contributed by atoms with van der Waals surface area (Å²) in [5, 5.41) is 3.50. The number of nitrogens with zero attached hydrogens (tertiary/aromatic N) is 4. The molecule has 2 aromatic rings. The summed E-state index contributed by atoms with van der Waals surface area (Å²) in [5.41, 5.74) is 1.39. The van der Waals surface area contributed by atoms with Crippen molar-refractivity contribution in [3.8, 4) is 0 Å². The number of rotatable bonds is 7. The van der Waals surface area contributed by atoms with E-state index in [4.69, 9.17) is 0 Å². The highest BCUT2D eigenvalue weighted by Crippen LogP contribution is 2.06. The number of nitrogens with one attached hydrogen (secondary N) is 1. The first-order valence-corrected chi connectivity index (χ1v) is 7.24. The molecule has 0 aliphatic heterocycles. The second-order valence-electron chi connectivity index (χ2n) is 6.19. The van der Waals surface area contributed by atoms with E-state index in [1.807, 2.05) is 31.2 Å². The molecule has 5 nitrogen and oxygen atoms in total. The van der Waals surface area contributed by atoms with Gasteiger partial charge in [-0.2, -0.15) is 0 Å². The average Bonchev–Trinajstić information content (AvgIpc) is 3.03. The molecular weight excluding hydrogens is 250 g/mol. The average molecular weight is 275 g/mol. The van der Waals surface area contributed by atoms with Crippen molar-refractivity contribution in [3.63, 3.8) is 0 Å². The van der Waals surface area contributed by atoms with E-state index in [2.05, 4.69) is 45.2 Å². The Bertz CT molecular complexity index is 493. The Morgan fingerprint density at radius 2 is 1.90 bits per heavy atom. The molecule has 110 valence electrons. The molecule has 0 aliphatic carbocycles. The highest BCUT2D eigenvalue weighted by molar-refractivity contribution is 4.98. The van der Waals surface area contributed by atoms with E-state index in [-0.39, 0.29) is 5.54 Å². The van der Waals surface area contributed by atoms with E-state index in [9.17, 15) is 0 Å². The molecule has 0 atom stereocenters. The molecule has 0 saturated carbocycles. The quantitative estimate of drug-likeness (QED) is 0.790. The van der Waals surface area contributed by atoms with Crippen molar-refractivity contribution >= 4 is 0 Å². The van der Waals surface area contributed by atoms with Gasteiger partial charge >= 0.3 is 0 Å². The van der Waals surface area contributed by atoms with Gasteiger partial charge in [-0.3, -0.25) is 0 Å². The monoisotopic (exact) mass is 275 g/mol. The topological polar surface area (TPSA) is 47.7 Å². The molecule has 2 heterocycles. The molecule has 0 aromatic carbocycles. The third-order valence-corrected chi connectivity index (χ3v) is 3.22. The predicted octanol–water partition coefficient (Wildman–Crippen LogP) is 2.45. The zero-order valence-corrected chi connectivity index (χ0v) is 12.7. The fraction of sp³-hybridized carbons (Fsp3) is 0.600. The molecule has 0 fully saturated rings. The van der Waals surface area contributed by atoms with Gasteiger partial charge in [0.1, 0.15) is 0 Å². The first kappa shape index (κ1) is 14.8. The molecule has 0 aliphatic rings. The third-order valence-electron chi connectivity index (χ3n) is 3.22. The van der Waals surface area contributed by atoms with Crippen LogP contribution in [0.5, 0.6) is 0 Å². The van der Waals surface area contributed by atoms with Crippen LogP contribution in [0.2, 0.25) is 0 Å². The number of imidazole rings is 2. The highest BCUT2D eigenvalue weighted by atomic mass is 15.1. The van der Waals surface area contributed by atoms with Gasteiger partial charge in [0, 0.05) is 43.8 Å². The Morgan fingerprint density at radius 3 is 2.60 bits per heavy atom. The maximum atomic E-state index is 4.26. The number of hydrogen-bond acceptors (Lipinski definition) is 3. The second kappa shape index (κ2) is 6.70. The largest absolute Gasteiger partial charge is 0.337 e. The minimum Gasteiger partial charge on any atom is -0.337 e. The van der Waals surface area contributed by atoms with Gasteiger partial charge < -0.3 is 14.5 Å². The lowest BCUT2D eigenvalue weighted by atomic mass is 10.1. The molecule has 0 radical (unpaired) electrons. The smallest absolute Gasteiger partial charge is 0.0948 e. The molecule has 20 heavy (non-hydrogen) atoms. The second-order valence-corrected chi connectivity index (χ2v) is 6.19. The van der Waals surface area contributed by atoms with E-state index in [1.165, 1.54) is 5.69 Å². The molecule has 0 amide bonds. The summed E-state index contributed by atoms with van der Waals surface area (Å²) in [4.78, 5) is 8.31. The van der Waals surface area contributed by atoms with Crippen molar-refractivity contribution < 1.29 is 0 Å². The van der Waals surface area contributed by atoms with E-state index in [1.54, 1.807) is 0 Å². The van der Waals surface area contributed by atoms with Crippen LogP contribution in [0.15, 0.2) is 31.2 Å². The number of hydrogen-bond donors (Lipinski definition) is 1. The van der Waals surface area contributed by atoms with E-state index >= 15 is 0 Å². The standard InChI is InChI=1S/C15H25N5/c1-15(2,3)18-11-14-10-17-13-20(14)8-5-4-7-19-9-6-16-12-19/h6,9-10,12-13,18H,4-5,7-8,11H2,1-3H3. The molecule has 2 rings (SSSR count). The zero-order chi connectivity index (χ0) is 14.4. The summed E-state index contributed by atoms with van der Waals surface area (Å²) in [6.45, 7) is 9.46. The minimum absolute atomic E-state index is 0.135. The maximum Gasteiger partial charge on any atom is 0.0948 e. The minimum atomic E-state index is 0.135. The van der Waals surface area contributed by atoms with Crippen molar-refractivity contribution in [3.05, 3.63) is 36.9 Å². The van der Waals surface area contributed by atoms with E-state index in [0.29, 0.717) is 0 Å². The van der Waals surface area contributed by atoms with Crippen LogP contribution in [0.1, 0.15) is 39.3 Å². The van der Waals surface area contributed by atoms with Gasteiger partial charge in [-0.05, 0) is 33.6 Å². The van der Waals surface area contributed by atoms with Gasteiger partial charge in [-0.25, -0.2) is 9.97 Å². The molecule has 5 heteroatoms. The van der Waals surface area contributed by atoms with Crippen LogP contribution in [-0.2, 0) is 19.6 Å². The van der Waals surface area contributed by atoms with E-state index in [0.717, 1.165) is 32.5 Å². The van der Waals surface area contributed by atoms with Gasteiger partial charge in [0.15, 0.2) is 0 Å². The Hall–Kier alpha value is -1.62. The van der Waals surface area contributed by atoms with Crippen LogP contribution >= 0.6 is 0 Å². The van der Waals surface area contributed by atoms with Crippen LogP contribution in [-0.4, -0.2) is 24.6 Å². The molecule has 0 unspecified atom stereocenters. The van der Waals surface area contributed by atoms with Crippen LogP contribution in [0.25, 0.3) is 0 Å². The van der Waals surface area contributed by atoms with Crippen LogP contribution < -0.4 is 5.32 Å². The van der Waals surface area contributed by atoms with Crippen molar-refractivity contribution in [2.75, 3.05) is 0 Å². The lowest BCUT2D eigenvalue weighted by Crippen LogP contribution is -2.35. The summed E-state index contributed by atoms with van der Waals surface area (Å²) in [7, 11) is 0. The maximum absolute atomic E-state index is 4.26.